The van der Waals surface area contributed by atoms with Crippen LogP contribution in [0, 0.1) is 5.82 Å². The fourth-order valence-corrected chi connectivity index (χ4v) is 1.40. The average molecular weight is 232 g/mol. The number of rotatable bonds is 2. The highest BCUT2D eigenvalue weighted by molar-refractivity contribution is 9.10. The maximum absolute atomic E-state index is 13.1. The molecule has 12 heavy (non-hydrogen) atoms. The minimum atomic E-state index is -0.229. The maximum atomic E-state index is 13.1. The summed E-state index contributed by atoms with van der Waals surface area (Å²) in [6.45, 7) is 1.94. The van der Waals surface area contributed by atoms with Gasteiger partial charge in [0.25, 0.3) is 0 Å². The molecule has 1 rings (SSSR count). The van der Waals surface area contributed by atoms with E-state index in [9.17, 15) is 4.39 Å². The molecule has 0 fully saturated rings. The van der Waals surface area contributed by atoms with Crippen LogP contribution in [-0.2, 0) is 0 Å². The zero-order valence-corrected chi connectivity index (χ0v) is 8.44. The molecule has 0 aliphatic heterocycles. The van der Waals surface area contributed by atoms with E-state index >= 15 is 0 Å². The van der Waals surface area contributed by atoms with Gasteiger partial charge in [-0.2, -0.15) is 0 Å². The van der Waals surface area contributed by atoms with Crippen molar-refractivity contribution in [3.8, 4) is 0 Å². The third-order valence-electron chi connectivity index (χ3n) is 1.80. The molecule has 1 aromatic carbocycles. The highest BCUT2D eigenvalue weighted by atomic mass is 79.9. The van der Waals surface area contributed by atoms with Gasteiger partial charge in [-0.25, -0.2) is 4.39 Å². The molecule has 0 saturated heterocycles. The van der Waals surface area contributed by atoms with E-state index in [1.54, 1.807) is 12.1 Å². The van der Waals surface area contributed by atoms with Crippen molar-refractivity contribution >= 4 is 15.9 Å². The Morgan fingerprint density at radius 3 is 2.83 bits per heavy atom. The largest absolute Gasteiger partial charge is 0.324 e. The molecular weight excluding hydrogens is 221 g/mol. The van der Waals surface area contributed by atoms with Crippen LogP contribution in [0.1, 0.15) is 24.9 Å². The van der Waals surface area contributed by atoms with Gasteiger partial charge in [-0.1, -0.05) is 22.9 Å². The summed E-state index contributed by atoms with van der Waals surface area (Å²) in [7, 11) is 0. The van der Waals surface area contributed by atoms with Gasteiger partial charge < -0.3 is 5.73 Å². The summed E-state index contributed by atoms with van der Waals surface area (Å²) in [6, 6.07) is 4.61. The third-order valence-corrected chi connectivity index (χ3v) is 2.29. The molecule has 0 bridgehead atoms. The van der Waals surface area contributed by atoms with Crippen molar-refractivity contribution in [1.82, 2.24) is 0 Å². The van der Waals surface area contributed by atoms with Crippen molar-refractivity contribution < 1.29 is 4.39 Å². The van der Waals surface area contributed by atoms with E-state index in [0.29, 0.717) is 5.56 Å². The lowest BCUT2D eigenvalue weighted by atomic mass is 10.1. The molecule has 2 N–H and O–H groups in total. The van der Waals surface area contributed by atoms with Crippen molar-refractivity contribution in [1.29, 1.82) is 0 Å². The molecule has 66 valence electrons. The number of nitrogens with two attached hydrogens (primary N) is 1. The number of hydrogen-bond donors (Lipinski definition) is 1. The highest BCUT2D eigenvalue weighted by Gasteiger charge is 2.08. The molecule has 1 atom stereocenters. The van der Waals surface area contributed by atoms with Crippen LogP contribution in [0.4, 0.5) is 4.39 Å². The standard InChI is InChI=1S/C9H11BrFN/c1-2-9(12)7-5-6(10)3-4-8(7)11/h3-5,9H,2,12H2,1H3/t9-/m1/s1. The predicted octanol–water partition coefficient (Wildman–Crippen LogP) is 3.00. The Labute approximate surface area is 79.9 Å². The number of halogens is 2. The Kier molecular flexibility index (Phi) is 3.23. The van der Waals surface area contributed by atoms with Gasteiger partial charge in [0, 0.05) is 16.1 Å². The Morgan fingerprint density at radius 1 is 1.58 bits per heavy atom. The molecule has 1 aromatic rings. The summed E-state index contributed by atoms with van der Waals surface area (Å²) in [5.41, 5.74) is 6.28. The number of hydrogen-bond acceptors (Lipinski definition) is 1. The van der Waals surface area contributed by atoms with Gasteiger partial charge in [-0.15, -0.1) is 0 Å². The molecule has 0 saturated carbocycles. The molecule has 1 nitrogen and oxygen atoms in total. The Bertz CT molecular complexity index is 275. The summed E-state index contributed by atoms with van der Waals surface area (Å²) in [5, 5.41) is 0. The maximum Gasteiger partial charge on any atom is 0.128 e. The first-order chi connectivity index (χ1) is 5.65. The van der Waals surface area contributed by atoms with Crippen molar-refractivity contribution in [3.05, 3.63) is 34.1 Å². The van der Waals surface area contributed by atoms with Crippen LogP contribution < -0.4 is 5.73 Å². The number of benzene rings is 1. The van der Waals surface area contributed by atoms with Gasteiger partial charge in [0.15, 0.2) is 0 Å². The molecule has 0 aliphatic carbocycles. The highest BCUT2D eigenvalue weighted by Crippen LogP contribution is 2.21. The summed E-state index contributed by atoms with van der Waals surface area (Å²) in [5.74, 6) is -0.229. The van der Waals surface area contributed by atoms with Crippen LogP contribution in [0.25, 0.3) is 0 Å². The SMILES string of the molecule is CC[C@@H](N)c1cc(Br)ccc1F. The van der Waals surface area contributed by atoms with Crippen LogP contribution in [0.3, 0.4) is 0 Å². The zero-order chi connectivity index (χ0) is 9.14. The first kappa shape index (κ1) is 9.68. The summed E-state index contributed by atoms with van der Waals surface area (Å²) in [6.07, 6.45) is 0.743. The Hall–Kier alpha value is -0.410. The predicted molar refractivity (Wildman–Crippen MR) is 51.3 cm³/mol. The third kappa shape index (κ3) is 2.05. The lowest BCUT2D eigenvalue weighted by Gasteiger charge is -2.10. The summed E-state index contributed by atoms with van der Waals surface area (Å²) in [4.78, 5) is 0. The molecule has 3 heteroatoms. The lowest BCUT2D eigenvalue weighted by molar-refractivity contribution is 0.575. The molecule has 0 aliphatic rings. The molecule has 0 spiro atoms. The molecule has 0 heterocycles. The van der Waals surface area contributed by atoms with Gasteiger partial charge in [0.05, 0.1) is 0 Å². The van der Waals surface area contributed by atoms with Crippen LogP contribution in [0.2, 0.25) is 0 Å². The second-order valence-corrected chi connectivity index (χ2v) is 3.60. The molecule has 0 radical (unpaired) electrons. The second-order valence-electron chi connectivity index (χ2n) is 2.68. The topological polar surface area (TPSA) is 26.0 Å². The van der Waals surface area contributed by atoms with E-state index in [4.69, 9.17) is 5.73 Å². The molecule has 0 amide bonds. The van der Waals surface area contributed by atoms with Crippen LogP contribution in [-0.4, -0.2) is 0 Å². The molecule has 0 unspecified atom stereocenters. The van der Waals surface area contributed by atoms with Gasteiger partial charge in [-0.3, -0.25) is 0 Å². The van der Waals surface area contributed by atoms with Crippen molar-refractivity contribution in [2.75, 3.05) is 0 Å². The normalized spacial score (nSPS) is 13.0. The van der Waals surface area contributed by atoms with E-state index in [0.717, 1.165) is 10.9 Å². The van der Waals surface area contributed by atoms with Crippen molar-refractivity contribution in [3.63, 3.8) is 0 Å². The summed E-state index contributed by atoms with van der Waals surface area (Å²) < 4.78 is 14.0. The summed E-state index contributed by atoms with van der Waals surface area (Å²) >= 11 is 3.27. The average Bonchev–Trinajstić information content (AvgIpc) is 2.08. The Balaban J connectivity index is 3.04. The first-order valence-corrected chi connectivity index (χ1v) is 4.65. The fourth-order valence-electron chi connectivity index (χ4n) is 1.02. The van der Waals surface area contributed by atoms with Gasteiger partial charge >= 0.3 is 0 Å². The zero-order valence-electron chi connectivity index (χ0n) is 6.85. The van der Waals surface area contributed by atoms with Crippen molar-refractivity contribution in [2.45, 2.75) is 19.4 Å². The Morgan fingerprint density at radius 2 is 2.25 bits per heavy atom. The van der Waals surface area contributed by atoms with Crippen molar-refractivity contribution in [2.24, 2.45) is 5.73 Å². The van der Waals surface area contributed by atoms with Crippen LogP contribution >= 0.6 is 15.9 Å². The van der Waals surface area contributed by atoms with E-state index in [1.165, 1.54) is 6.07 Å². The minimum Gasteiger partial charge on any atom is -0.324 e. The van der Waals surface area contributed by atoms with Crippen LogP contribution in [0.15, 0.2) is 22.7 Å². The molecule has 0 aromatic heterocycles. The smallest absolute Gasteiger partial charge is 0.128 e. The first-order valence-electron chi connectivity index (χ1n) is 3.85. The second kappa shape index (κ2) is 4.01. The van der Waals surface area contributed by atoms with E-state index in [1.807, 2.05) is 6.92 Å². The monoisotopic (exact) mass is 231 g/mol. The van der Waals surface area contributed by atoms with Gasteiger partial charge in [0.1, 0.15) is 5.82 Å². The quantitative estimate of drug-likeness (QED) is 0.833. The fraction of sp³-hybridized carbons (Fsp3) is 0.333. The van der Waals surface area contributed by atoms with E-state index in [2.05, 4.69) is 15.9 Å². The lowest BCUT2D eigenvalue weighted by Crippen LogP contribution is -2.10. The minimum absolute atomic E-state index is 0.206. The van der Waals surface area contributed by atoms with E-state index < -0.39 is 0 Å². The van der Waals surface area contributed by atoms with Gasteiger partial charge in [-0.05, 0) is 24.6 Å². The van der Waals surface area contributed by atoms with Crippen LogP contribution in [0.5, 0.6) is 0 Å². The van der Waals surface area contributed by atoms with E-state index in [-0.39, 0.29) is 11.9 Å². The molecular formula is C9H11BrFN. The van der Waals surface area contributed by atoms with Gasteiger partial charge in [0.2, 0.25) is 0 Å².